The van der Waals surface area contributed by atoms with Crippen molar-refractivity contribution in [2.24, 2.45) is 17.8 Å². The van der Waals surface area contributed by atoms with E-state index in [0.717, 1.165) is 29.2 Å². The first-order valence-electron chi connectivity index (χ1n) is 13.9. The first kappa shape index (κ1) is 25.2. The van der Waals surface area contributed by atoms with E-state index in [-0.39, 0.29) is 13.2 Å². The minimum atomic E-state index is -1.24. The number of benzene rings is 1. The Morgan fingerprint density at radius 2 is 1.59 bits per heavy atom. The molecule has 1 saturated heterocycles. The zero-order chi connectivity index (χ0) is 25.6. The summed E-state index contributed by atoms with van der Waals surface area (Å²) in [6.07, 6.45) is 7.59. The number of rotatable bonds is 9. The summed E-state index contributed by atoms with van der Waals surface area (Å²) >= 11 is 0. The molecule has 0 unspecified atom stereocenters. The topological polar surface area (TPSA) is 124 Å². The Balaban J connectivity index is 0.985. The molecule has 0 radical (unpaired) electrons. The van der Waals surface area contributed by atoms with E-state index in [4.69, 9.17) is 4.74 Å². The van der Waals surface area contributed by atoms with Crippen molar-refractivity contribution in [3.05, 3.63) is 41.7 Å². The molecule has 5 fully saturated rings. The molecule has 4 atom stereocenters. The van der Waals surface area contributed by atoms with Gasteiger partial charge in [0.15, 0.2) is 0 Å². The summed E-state index contributed by atoms with van der Waals surface area (Å²) in [5.74, 6) is 3.66. The first-order chi connectivity index (χ1) is 17.9. The lowest BCUT2D eigenvalue weighted by Gasteiger charge is -2.57. The largest absolute Gasteiger partial charge is 0.487 e. The van der Waals surface area contributed by atoms with E-state index < -0.39 is 24.4 Å². The van der Waals surface area contributed by atoms with Crippen molar-refractivity contribution in [1.82, 2.24) is 19.9 Å². The van der Waals surface area contributed by atoms with Gasteiger partial charge in [0, 0.05) is 19.6 Å². The fourth-order valence-corrected chi connectivity index (χ4v) is 8.11. The van der Waals surface area contributed by atoms with Crippen LogP contribution in [-0.2, 0) is 18.6 Å². The van der Waals surface area contributed by atoms with E-state index in [2.05, 4.69) is 34.6 Å². The third kappa shape index (κ3) is 5.04. The van der Waals surface area contributed by atoms with Crippen LogP contribution in [0.15, 0.2) is 30.5 Å². The second-order valence-corrected chi connectivity index (χ2v) is 12.1. The van der Waals surface area contributed by atoms with Gasteiger partial charge in [-0.1, -0.05) is 17.3 Å². The maximum atomic E-state index is 10.1. The number of likely N-dealkylation sites (tertiary alicyclic amines) is 1. The number of hydrogen-bond acceptors (Lipinski definition) is 8. The fraction of sp³-hybridized carbons (Fsp3) is 0.714. The first-order valence-corrected chi connectivity index (χ1v) is 13.9. The molecule has 7 rings (SSSR count). The third-order valence-corrected chi connectivity index (χ3v) is 9.53. The van der Waals surface area contributed by atoms with Gasteiger partial charge in [0.25, 0.3) is 0 Å². The van der Waals surface area contributed by atoms with Gasteiger partial charge in [-0.3, -0.25) is 9.58 Å². The summed E-state index contributed by atoms with van der Waals surface area (Å²) in [7, 11) is 0. The Morgan fingerprint density at radius 1 is 0.919 bits per heavy atom. The van der Waals surface area contributed by atoms with Gasteiger partial charge in [-0.25, -0.2) is 0 Å². The Labute approximate surface area is 218 Å². The SMILES string of the molecule is OC[C@@H]1[C@@H](O)[C@H](O)[C@@H](O)CN1CCCn1cc(COc2ccc(C34CC5CC(CC(C5)C3)C4)cc2)nn1. The minimum absolute atomic E-state index is 0.210. The molecule has 1 aromatic carbocycles. The summed E-state index contributed by atoms with van der Waals surface area (Å²) in [5, 5.41) is 48.0. The van der Waals surface area contributed by atoms with Crippen LogP contribution in [0.2, 0.25) is 0 Å². The van der Waals surface area contributed by atoms with Crippen molar-refractivity contribution in [3.8, 4) is 5.75 Å². The number of ether oxygens (including phenoxy) is 1. The zero-order valence-corrected chi connectivity index (χ0v) is 21.4. The van der Waals surface area contributed by atoms with Crippen LogP contribution in [0.5, 0.6) is 5.75 Å². The van der Waals surface area contributed by atoms with Crippen LogP contribution in [0.25, 0.3) is 0 Å². The molecule has 4 saturated carbocycles. The Hall–Kier alpha value is -2.04. The average molecular weight is 513 g/mol. The molecule has 0 spiro atoms. The summed E-state index contributed by atoms with van der Waals surface area (Å²) in [6, 6.07) is 8.19. The highest BCUT2D eigenvalue weighted by Crippen LogP contribution is 2.60. The molecule has 4 N–H and O–H groups in total. The normalized spacial score (nSPS) is 37.2. The third-order valence-electron chi connectivity index (χ3n) is 9.53. The standard InChI is InChI=1S/C28H40N4O5/c33-16-24-26(35)27(36)25(34)15-31(24)6-1-7-32-14-22(29-30-32)17-37-23-4-2-21(3-5-23)28-11-18-8-19(12-28)10-20(9-18)13-28/h2-5,14,18-20,24-27,33-36H,1,6-13,15-17H2/t18?,19?,20?,24-,25+,26-,27-,28?/m1/s1. The maximum Gasteiger partial charge on any atom is 0.134 e. The highest BCUT2D eigenvalue weighted by molar-refractivity contribution is 5.34. The molecule has 202 valence electrons. The smallest absolute Gasteiger partial charge is 0.134 e. The summed E-state index contributed by atoms with van der Waals surface area (Å²) in [6.45, 7) is 1.44. The van der Waals surface area contributed by atoms with Gasteiger partial charge in [-0.05, 0) is 85.8 Å². The van der Waals surface area contributed by atoms with Crippen molar-refractivity contribution in [3.63, 3.8) is 0 Å². The fourth-order valence-electron chi connectivity index (χ4n) is 8.11. The van der Waals surface area contributed by atoms with Crippen molar-refractivity contribution in [2.75, 3.05) is 19.7 Å². The van der Waals surface area contributed by atoms with Crippen LogP contribution in [0.3, 0.4) is 0 Å². The van der Waals surface area contributed by atoms with E-state index in [1.807, 2.05) is 11.1 Å². The van der Waals surface area contributed by atoms with Gasteiger partial charge in [-0.15, -0.1) is 5.10 Å². The van der Waals surface area contributed by atoms with Crippen LogP contribution in [-0.4, -0.2) is 84.4 Å². The quantitative estimate of drug-likeness (QED) is 0.398. The predicted molar refractivity (Wildman–Crippen MR) is 136 cm³/mol. The minimum Gasteiger partial charge on any atom is -0.487 e. The molecule has 4 bridgehead atoms. The number of piperidine rings is 1. The van der Waals surface area contributed by atoms with Crippen LogP contribution >= 0.6 is 0 Å². The molecule has 37 heavy (non-hydrogen) atoms. The molecule has 1 aromatic heterocycles. The van der Waals surface area contributed by atoms with Crippen LogP contribution < -0.4 is 4.74 Å². The van der Waals surface area contributed by atoms with Crippen LogP contribution in [0, 0.1) is 17.8 Å². The van der Waals surface area contributed by atoms with Gasteiger partial charge in [0.2, 0.25) is 0 Å². The zero-order valence-electron chi connectivity index (χ0n) is 21.4. The summed E-state index contributed by atoms with van der Waals surface area (Å²) in [5.41, 5.74) is 2.65. The van der Waals surface area contributed by atoms with Crippen LogP contribution in [0.4, 0.5) is 0 Å². The second-order valence-electron chi connectivity index (χ2n) is 12.1. The second kappa shape index (κ2) is 10.3. The lowest BCUT2D eigenvalue weighted by molar-refractivity contribution is -0.145. The maximum absolute atomic E-state index is 10.1. The summed E-state index contributed by atoms with van der Waals surface area (Å²) < 4.78 is 7.77. The van der Waals surface area contributed by atoms with E-state index in [1.54, 1.807) is 4.68 Å². The molecule has 9 nitrogen and oxygen atoms in total. The molecule has 9 heteroatoms. The van der Waals surface area contributed by atoms with E-state index in [1.165, 1.54) is 44.1 Å². The monoisotopic (exact) mass is 512 g/mol. The van der Waals surface area contributed by atoms with Crippen molar-refractivity contribution in [2.45, 2.75) is 87.9 Å². The molecule has 5 aliphatic rings. The molecule has 1 aliphatic heterocycles. The lowest BCUT2D eigenvalue weighted by Crippen LogP contribution is -2.62. The van der Waals surface area contributed by atoms with Gasteiger partial charge in [0.1, 0.15) is 30.3 Å². The number of aromatic nitrogens is 3. The van der Waals surface area contributed by atoms with Crippen molar-refractivity contribution >= 4 is 0 Å². The number of aliphatic hydroxyl groups excluding tert-OH is 4. The number of aryl methyl sites for hydroxylation is 1. The van der Waals surface area contributed by atoms with E-state index in [0.29, 0.717) is 31.5 Å². The van der Waals surface area contributed by atoms with Gasteiger partial charge >= 0.3 is 0 Å². The molecular formula is C28H40N4O5. The molecule has 2 aromatic rings. The highest BCUT2D eigenvalue weighted by Gasteiger charge is 2.51. The van der Waals surface area contributed by atoms with Crippen molar-refractivity contribution < 1.29 is 25.2 Å². The highest BCUT2D eigenvalue weighted by atomic mass is 16.5. The van der Waals surface area contributed by atoms with Crippen molar-refractivity contribution in [1.29, 1.82) is 0 Å². The Kier molecular flexibility index (Phi) is 7.00. The van der Waals surface area contributed by atoms with E-state index in [9.17, 15) is 20.4 Å². The Bertz CT molecular complexity index is 1020. The molecule has 2 heterocycles. The predicted octanol–water partition coefficient (Wildman–Crippen LogP) is 1.47. The van der Waals surface area contributed by atoms with E-state index >= 15 is 0 Å². The van der Waals surface area contributed by atoms with Gasteiger partial charge in [-0.2, -0.15) is 0 Å². The van der Waals surface area contributed by atoms with Gasteiger partial charge < -0.3 is 25.2 Å². The molecule has 0 amide bonds. The average Bonchev–Trinajstić information content (AvgIpc) is 3.33. The molecular weight excluding hydrogens is 472 g/mol. The number of β-amino-alcohol motifs (C(OH)–C–C–N with tert-alkyl or cyclic N) is 1. The lowest BCUT2D eigenvalue weighted by atomic mass is 9.48. The number of nitrogens with zero attached hydrogens (tertiary/aromatic N) is 4. The molecule has 4 aliphatic carbocycles. The number of hydrogen-bond donors (Lipinski definition) is 4. The van der Waals surface area contributed by atoms with Gasteiger partial charge in [0.05, 0.1) is 24.9 Å². The number of aliphatic hydroxyl groups is 4. The Morgan fingerprint density at radius 3 is 2.24 bits per heavy atom. The summed E-state index contributed by atoms with van der Waals surface area (Å²) in [4.78, 5) is 1.82. The van der Waals surface area contributed by atoms with Crippen LogP contribution in [0.1, 0.15) is 56.2 Å².